The number of hydrogen-bond acceptors (Lipinski definition) is 6. The van der Waals surface area contributed by atoms with Crippen molar-refractivity contribution in [3.05, 3.63) is 27.7 Å². The number of thiazole rings is 1. The normalized spacial score (nSPS) is 25.7. The lowest BCUT2D eigenvalue weighted by Gasteiger charge is -2.63. The number of rotatable bonds is 4. The minimum Gasteiger partial charge on any atom is -0.323 e. The number of likely N-dealkylation sites (tertiary alicyclic amines) is 3. The molecule has 5 heterocycles. The summed E-state index contributed by atoms with van der Waals surface area (Å²) in [6, 6.07) is 0.127. The van der Waals surface area contributed by atoms with E-state index in [1.807, 2.05) is 9.80 Å². The molecule has 5 fully saturated rings. The first-order valence-electron chi connectivity index (χ1n) is 11.9. The maximum atomic E-state index is 12.9. The first-order valence-corrected chi connectivity index (χ1v) is 12.8. The van der Waals surface area contributed by atoms with E-state index >= 15 is 0 Å². The fourth-order valence-corrected chi connectivity index (χ4v) is 7.19. The molecule has 1 N–H and O–H groups in total. The average Bonchev–Trinajstić information content (AvgIpc) is 3.19. The van der Waals surface area contributed by atoms with E-state index in [9.17, 15) is 18.0 Å². The Kier molecular flexibility index (Phi) is 4.30. The van der Waals surface area contributed by atoms with Crippen molar-refractivity contribution >= 4 is 17.4 Å². The standard InChI is InChI=1S/C22H26F3N7OS/c23-22(24,25)15-6-34-16(26-15)5-30-7-21(8-30)11-32(12-21)19(33)31-9-20(10-31)3-14(4-20)18-27-17(28-29-18)13-1-2-13/h6,13-14H,1-5,7-12H2,(H,27,28,29). The molecule has 0 aromatic carbocycles. The van der Waals surface area contributed by atoms with Crippen molar-refractivity contribution in [2.45, 2.75) is 50.2 Å². The summed E-state index contributed by atoms with van der Waals surface area (Å²) in [5.41, 5.74) is -0.453. The maximum Gasteiger partial charge on any atom is 0.434 e. The van der Waals surface area contributed by atoms with Gasteiger partial charge in [-0.2, -0.15) is 18.3 Å². The molecular weight excluding hydrogens is 467 g/mol. The molecule has 0 atom stereocenters. The highest BCUT2D eigenvalue weighted by Crippen LogP contribution is 2.56. The minimum atomic E-state index is -4.38. The Morgan fingerprint density at radius 2 is 1.71 bits per heavy atom. The van der Waals surface area contributed by atoms with Crippen molar-refractivity contribution in [1.82, 2.24) is 34.9 Å². The van der Waals surface area contributed by atoms with Gasteiger partial charge < -0.3 is 9.80 Å². The van der Waals surface area contributed by atoms with E-state index in [4.69, 9.17) is 0 Å². The highest BCUT2D eigenvalue weighted by atomic mass is 32.1. The summed E-state index contributed by atoms with van der Waals surface area (Å²) in [7, 11) is 0. The fraction of sp³-hybridized carbons (Fsp3) is 0.727. The third-order valence-corrected chi connectivity index (χ3v) is 9.01. The third-order valence-electron chi connectivity index (χ3n) is 8.17. The Bertz CT molecular complexity index is 1110. The molecule has 0 bridgehead atoms. The molecule has 182 valence electrons. The van der Waals surface area contributed by atoms with Crippen LogP contribution in [0.2, 0.25) is 0 Å². The maximum absolute atomic E-state index is 12.9. The van der Waals surface area contributed by atoms with Gasteiger partial charge in [0.15, 0.2) is 11.5 Å². The number of H-pyrrole nitrogens is 1. The van der Waals surface area contributed by atoms with Gasteiger partial charge in [0.25, 0.3) is 0 Å². The number of aromatic amines is 1. The smallest absolute Gasteiger partial charge is 0.323 e. The lowest BCUT2D eigenvalue weighted by Crippen LogP contribution is -2.75. The summed E-state index contributed by atoms with van der Waals surface area (Å²) in [6.45, 7) is 5.18. The summed E-state index contributed by atoms with van der Waals surface area (Å²) in [4.78, 5) is 27.3. The van der Waals surface area contributed by atoms with Crippen LogP contribution in [0.25, 0.3) is 0 Å². The van der Waals surface area contributed by atoms with Gasteiger partial charge in [0, 0.05) is 67.3 Å². The molecule has 7 rings (SSSR count). The van der Waals surface area contributed by atoms with E-state index in [1.165, 1.54) is 12.8 Å². The Balaban J connectivity index is 0.844. The van der Waals surface area contributed by atoms with E-state index in [-0.39, 0.29) is 16.9 Å². The SMILES string of the molecule is O=C(N1CC2(CC(c3n[nH]c(C4CC4)n3)C2)C1)N1CC2(CN(Cc3nc(C(F)(F)F)cs3)C2)C1. The van der Waals surface area contributed by atoms with Crippen molar-refractivity contribution in [2.75, 3.05) is 39.3 Å². The first kappa shape index (κ1) is 21.1. The van der Waals surface area contributed by atoms with Gasteiger partial charge in [-0.15, -0.1) is 11.3 Å². The number of halogens is 3. The highest BCUT2D eigenvalue weighted by molar-refractivity contribution is 7.09. The lowest BCUT2D eigenvalue weighted by molar-refractivity contribution is -0.141. The molecule has 2 aromatic rings. The zero-order valence-corrected chi connectivity index (χ0v) is 19.5. The van der Waals surface area contributed by atoms with Crippen LogP contribution < -0.4 is 0 Å². The Labute approximate surface area is 198 Å². The van der Waals surface area contributed by atoms with Gasteiger partial charge in [0.1, 0.15) is 10.8 Å². The number of carbonyl (C=O) groups is 1. The number of hydrogen-bond donors (Lipinski definition) is 1. The molecule has 2 saturated carbocycles. The van der Waals surface area contributed by atoms with Crippen LogP contribution in [0.5, 0.6) is 0 Å². The summed E-state index contributed by atoms with van der Waals surface area (Å²) in [6.07, 6.45) is 0.162. The molecule has 2 amide bonds. The second-order valence-corrected chi connectivity index (χ2v) is 12.2. The molecule has 2 aromatic heterocycles. The highest BCUT2D eigenvalue weighted by Gasteiger charge is 2.58. The summed E-state index contributed by atoms with van der Waals surface area (Å²) in [5.74, 6) is 2.99. The quantitative estimate of drug-likeness (QED) is 0.707. The number of aromatic nitrogens is 4. The van der Waals surface area contributed by atoms with E-state index < -0.39 is 11.9 Å². The Hall–Kier alpha value is -2.21. The number of nitrogens with one attached hydrogen (secondary N) is 1. The summed E-state index contributed by atoms with van der Waals surface area (Å²) in [5, 5.41) is 9.09. The molecule has 2 aliphatic carbocycles. The van der Waals surface area contributed by atoms with E-state index in [1.54, 1.807) is 0 Å². The van der Waals surface area contributed by atoms with Crippen LogP contribution in [0.3, 0.4) is 0 Å². The lowest BCUT2D eigenvalue weighted by atomic mass is 9.57. The predicted octanol–water partition coefficient (Wildman–Crippen LogP) is 3.27. The average molecular weight is 494 g/mol. The van der Waals surface area contributed by atoms with Gasteiger partial charge in [-0.3, -0.25) is 10.00 Å². The van der Waals surface area contributed by atoms with Crippen molar-refractivity contribution in [1.29, 1.82) is 0 Å². The Morgan fingerprint density at radius 3 is 2.32 bits per heavy atom. The molecule has 3 saturated heterocycles. The van der Waals surface area contributed by atoms with Gasteiger partial charge >= 0.3 is 12.2 Å². The molecule has 0 unspecified atom stereocenters. The van der Waals surface area contributed by atoms with Gasteiger partial charge in [0.2, 0.25) is 0 Å². The van der Waals surface area contributed by atoms with Crippen molar-refractivity contribution in [3.63, 3.8) is 0 Å². The molecule has 0 radical (unpaired) electrons. The molecule has 12 heteroatoms. The molecule has 2 spiro atoms. The zero-order valence-electron chi connectivity index (χ0n) is 18.6. The predicted molar refractivity (Wildman–Crippen MR) is 116 cm³/mol. The second-order valence-electron chi connectivity index (χ2n) is 11.2. The molecule has 5 aliphatic rings. The van der Waals surface area contributed by atoms with Crippen LogP contribution in [0.15, 0.2) is 5.38 Å². The molecule has 8 nitrogen and oxygen atoms in total. The van der Waals surface area contributed by atoms with Crippen LogP contribution in [0.1, 0.15) is 59.9 Å². The fourth-order valence-electron chi connectivity index (χ4n) is 6.35. The van der Waals surface area contributed by atoms with Gasteiger partial charge in [0.05, 0.1) is 6.54 Å². The number of alkyl halides is 3. The zero-order chi connectivity index (χ0) is 23.3. The number of amides is 2. The van der Waals surface area contributed by atoms with Crippen LogP contribution in [-0.2, 0) is 12.7 Å². The Morgan fingerprint density at radius 1 is 1.03 bits per heavy atom. The van der Waals surface area contributed by atoms with Crippen LogP contribution in [0.4, 0.5) is 18.0 Å². The van der Waals surface area contributed by atoms with Crippen molar-refractivity contribution < 1.29 is 18.0 Å². The number of nitrogens with zero attached hydrogens (tertiary/aromatic N) is 6. The third kappa shape index (κ3) is 3.43. The largest absolute Gasteiger partial charge is 0.434 e. The minimum absolute atomic E-state index is 0.106. The van der Waals surface area contributed by atoms with Gasteiger partial charge in [-0.1, -0.05) is 0 Å². The molecular formula is C22H26F3N7OS. The van der Waals surface area contributed by atoms with Gasteiger partial charge in [-0.05, 0) is 25.7 Å². The first-order chi connectivity index (χ1) is 16.2. The van der Waals surface area contributed by atoms with E-state index in [0.29, 0.717) is 23.4 Å². The number of carbonyl (C=O) groups excluding carboxylic acids is 1. The van der Waals surface area contributed by atoms with Crippen LogP contribution in [-0.4, -0.2) is 80.2 Å². The van der Waals surface area contributed by atoms with Gasteiger partial charge in [-0.25, -0.2) is 14.8 Å². The van der Waals surface area contributed by atoms with Crippen LogP contribution >= 0.6 is 11.3 Å². The second kappa shape index (κ2) is 6.93. The van der Waals surface area contributed by atoms with Crippen LogP contribution in [0, 0.1) is 10.8 Å². The number of urea groups is 1. The van der Waals surface area contributed by atoms with Crippen molar-refractivity contribution in [2.24, 2.45) is 10.8 Å². The summed E-state index contributed by atoms with van der Waals surface area (Å²) < 4.78 is 38.2. The monoisotopic (exact) mass is 493 g/mol. The molecule has 3 aliphatic heterocycles. The topological polar surface area (TPSA) is 81.2 Å². The van der Waals surface area contributed by atoms with Crippen molar-refractivity contribution in [3.8, 4) is 0 Å². The van der Waals surface area contributed by atoms with E-state index in [0.717, 1.165) is 80.5 Å². The van der Waals surface area contributed by atoms with E-state index in [2.05, 4.69) is 25.1 Å². The summed E-state index contributed by atoms with van der Waals surface area (Å²) >= 11 is 1.06. The molecule has 34 heavy (non-hydrogen) atoms.